The molecule has 1 heterocycles. The van der Waals surface area contributed by atoms with Gasteiger partial charge in [0.2, 0.25) is 0 Å². The Kier molecular flexibility index (Phi) is 3.32. The van der Waals surface area contributed by atoms with Crippen LogP contribution in [0.4, 0.5) is 0 Å². The van der Waals surface area contributed by atoms with Crippen LogP contribution >= 0.6 is 11.8 Å². The van der Waals surface area contributed by atoms with Crippen molar-refractivity contribution in [3.05, 3.63) is 12.0 Å². The largest absolute Gasteiger partial charge is 0.480 e. The molecule has 1 aromatic rings. The topological polar surface area (TPSA) is 89.3 Å². The standard InChI is InChI=1S/C7H10N2O3S/c1-4-3-12-7(9-4)13-5(2-8)6(10)11/h3,5H,2,8H2,1H3,(H,10,11). The number of carboxylic acid groups (broad SMARTS) is 1. The summed E-state index contributed by atoms with van der Waals surface area (Å²) in [4.78, 5) is 14.5. The van der Waals surface area contributed by atoms with E-state index in [2.05, 4.69) is 4.98 Å². The molecule has 1 rings (SSSR count). The van der Waals surface area contributed by atoms with E-state index in [1.807, 2.05) is 0 Å². The highest BCUT2D eigenvalue weighted by atomic mass is 32.2. The van der Waals surface area contributed by atoms with Crippen molar-refractivity contribution >= 4 is 17.7 Å². The molecule has 0 aromatic carbocycles. The first-order chi connectivity index (χ1) is 6.13. The Morgan fingerprint density at radius 1 is 1.92 bits per heavy atom. The minimum Gasteiger partial charge on any atom is -0.480 e. The predicted octanol–water partition coefficient (Wildman–Crippen LogP) is 0.487. The number of aromatic nitrogens is 1. The molecule has 1 unspecified atom stereocenters. The fourth-order valence-corrected chi connectivity index (χ4v) is 1.45. The van der Waals surface area contributed by atoms with Crippen molar-refractivity contribution < 1.29 is 14.3 Å². The second-order valence-electron chi connectivity index (χ2n) is 2.44. The second kappa shape index (κ2) is 4.29. The minimum absolute atomic E-state index is 0.0570. The third-order valence-corrected chi connectivity index (χ3v) is 2.40. The molecule has 0 saturated heterocycles. The van der Waals surface area contributed by atoms with Crippen LogP contribution in [0, 0.1) is 6.92 Å². The van der Waals surface area contributed by atoms with Crippen molar-refractivity contribution in [3.8, 4) is 0 Å². The number of oxazole rings is 1. The molecule has 0 amide bonds. The zero-order valence-electron chi connectivity index (χ0n) is 7.06. The molecule has 0 aliphatic carbocycles. The maximum Gasteiger partial charge on any atom is 0.318 e. The smallest absolute Gasteiger partial charge is 0.318 e. The van der Waals surface area contributed by atoms with Crippen LogP contribution in [-0.4, -0.2) is 27.9 Å². The summed E-state index contributed by atoms with van der Waals surface area (Å²) in [6, 6.07) is 0. The van der Waals surface area contributed by atoms with Gasteiger partial charge in [-0.25, -0.2) is 4.98 Å². The average Bonchev–Trinajstić information content (AvgIpc) is 2.46. The Balaban J connectivity index is 2.61. The quantitative estimate of drug-likeness (QED) is 0.690. The summed E-state index contributed by atoms with van der Waals surface area (Å²) in [7, 11) is 0. The van der Waals surface area contributed by atoms with Gasteiger partial charge in [-0.05, 0) is 6.92 Å². The van der Waals surface area contributed by atoms with E-state index in [9.17, 15) is 4.79 Å². The number of aliphatic carboxylic acids is 1. The zero-order chi connectivity index (χ0) is 9.84. The minimum atomic E-state index is -0.955. The number of rotatable bonds is 4. The molecule has 0 saturated carbocycles. The number of aryl methyl sites for hydroxylation is 1. The Morgan fingerprint density at radius 3 is 3.00 bits per heavy atom. The van der Waals surface area contributed by atoms with Crippen molar-refractivity contribution in [1.29, 1.82) is 0 Å². The summed E-state index contributed by atoms with van der Waals surface area (Å²) < 4.78 is 4.98. The number of nitrogens with zero attached hydrogens (tertiary/aromatic N) is 1. The van der Waals surface area contributed by atoms with Crippen molar-refractivity contribution in [2.24, 2.45) is 5.73 Å². The van der Waals surface area contributed by atoms with Gasteiger partial charge in [-0.15, -0.1) is 0 Å². The molecular formula is C7H10N2O3S. The van der Waals surface area contributed by atoms with Crippen LogP contribution < -0.4 is 5.73 Å². The third-order valence-electron chi connectivity index (χ3n) is 1.33. The van der Waals surface area contributed by atoms with Gasteiger partial charge in [0.1, 0.15) is 11.5 Å². The molecule has 5 nitrogen and oxygen atoms in total. The predicted molar refractivity (Wildman–Crippen MR) is 47.6 cm³/mol. The monoisotopic (exact) mass is 202 g/mol. The van der Waals surface area contributed by atoms with E-state index < -0.39 is 11.2 Å². The average molecular weight is 202 g/mol. The lowest BCUT2D eigenvalue weighted by Crippen LogP contribution is -2.25. The second-order valence-corrected chi connectivity index (χ2v) is 3.59. The molecule has 0 aliphatic heterocycles. The summed E-state index contributed by atoms with van der Waals surface area (Å²) in [5.74, 6) is -0.955. The lowest BCUT2D eigenvalue weighted by molar-refractivity contribution is -0.136. The first kappa shape index (κ1) is 10.1. The Bertz CT molecular complexity index is 300. The van der Waals surface area contributed by atoms with Crippen LogP contribution in [0.1, 0.15) is 5.69 Å². The van der Waals surface area contributed by atoms with Crippen LogP contribution in [0.15, 0.2) is 15.9 Å². The van der Waals surface area contributed by atoms with Crippen LogP contribution in [0.2, 0.25) is 0 Å². The number of hydrogen-bond acceptors (Lipinski definition) is 5. The SMILES string of the molecule is Cc1coc(SC(CN)C(=O)O)n1. The van der Waals surface area contributed by atoms with Gasteiger partial charge in [0.25, 0.3) is 5.22 Å². The van der Waals surface area contributed by atoms with Crippen molar-refractivity contribution in [2.45, 2.75) is 17.4 Å². The first-order valence-corrected chi connectivity index (χ1v) is 4.53. The maximum atomic E-state index is 10.6. The highest BCUT2D eigenvalue weighted by molar-refractivity contribution is 8.00. The molecule has 3 N–H and O–H groups in total. The van der Waals surface area contributed by atoms with Gasteiger partial charge in [-0.1, -0.05) is 11.8 Å². The van der Waals surface area contributed by atoms with Gasteiger partial charge >= 0.3 is 5.97 Å². The lowest BCUT2D eigenvalue weighted by atomic mass is 10.4. The van der Waals surface area contributed by atoms with E-state index in [1.54, 1.807) is 6.92 Å². The van der Waals surface area contributed by atoms with Gasteiger partial charge in [-0.3, -0.25) is 4.79 Å². The third kappa shape index (κ3) is 2.74. The summed E-state index contributed by atoms with van der Waals surface area (Å²) in [6.07, 6.45) is 1.47. The molecule has 0 aliphatic rings. The van der Waals surface area contributed by atoms with Crippen molar-refractivity contribution in [3.63, 3.8) is 0 Å². The van der Waals surface area contributed by atoms with Crippen molar-refractivity contribution in [1.82, 2.24) is 4.98 Å². The molecule has 6 heteroatoms. The molecule has 0 bridgehead atoms. The Labute approximate surface area is 79.3 Å². The number of nitrogens with two attached hydrogens (primary N) is 1. The van der Waals surface area contributed by atoms with Gasteiger partial charge in [-0.2, -0.15) is 0 Å². The van der Waals surface area contributed by atoms with Gasteiger partial charge in [0, 0.05) is 6.54 Å². The molecule has 1 aromatic heterocycles. The van der Waals surface area contributed by atoms with Crippen LogP contribution in [0.25, 0.3) is 0 Å². The summed E-state index contributed by atoms with van der Waals surface area (Å²) in [5.41, 5.74) is 5.98. The van der Waals surface area contributed by atoms with E-state index in [0.29, 0.717) is 5.22 Å². The van der Waals surface area contributed by atoms with E-state index in [-0.39, 0.29) is 6.54 Å². The van der Waals surface area contributed by atoms with Gasteiger partial charge < -0.3 is 15.3 Å². The normalized spacial score (nSPS) is 12.8. The Hall–Kier alpha value is -1.01. The van der Waals surface area contributed by atoms with E-state index in [1.165, 1.54) is 6.26 Å². The molecule has 13 heavy (non-hydrogen) atoms. The summed E-state index contributed by atoms with van der Waals surface area (Å²) >= 11 is 1.02. The number of thioether (sulfide) groups is 1. The van der Waals surface area contributed by atoms with E-state index in [0.717, 1.165) is 17.5 Å². The van der Waals surface area contributed by atoms with E-state index in [4.69, 9.17) is 15.3 Å². The van der Waals surface area contributed by atoms with Crippen LogP contribution in [0.3, 0.4) is 0 Å². The molecule has 1 atom stereocenters. The van der Waals surface area contributed by atoms with Crippen molar-refractivity contribution in [2.75, 3.05) is 6.54 Å². The van der Waals surface area contributed by atoms with Gasteiger partial charge in [0.15, 0.2) is 0 Å². The molecule has 0 radical (unpaired) electrons. The van der Waals surface area contributed by atoms with Crippen LogP contribution in [0.5, 0.6) is 0 Å². The van der Waals surface area contributed by atoms with E-state index >= 15 is 0 Å². The molecule has 72 valence electrons. The molecule has 0 spiro atoms. The Morgan fingerprint density at radius 2 is 2.62 bits per heavy atom. The maximum absolute atomic E-state index is 10.6. The fraction of sp³-hybridized carbons (Fsp3) is 0.429. The number of carboxylic acids is 1. The lowest BCUT2D eigenvalue weighted by Gasteiger charge is -2.04. The van der Waals surface area contributed by atoms with Crippen LogP contribution in [-0.2, 0) is 4.79 Å². The highest BCUT2D eigenvalue weighted by Crippen LogP contribution is 2.21. The first-order valence-electron chi connectivity index (χ1n) is 3.65. The number of hydrogen-bond donors (Lipinski definition) is 2. The zero-order valence-corrected chi connectivity index (χ0v) is 7.87. The summed E-state index contributed by atoms with van der Waals surface area (Å²) in [6.45, 7) is 1.83. The highest BCUT2D eigenvalue weighted by Gasteiger charge is 2.19. The number of carbonyl (C=O) groups is 1. The fourth-order valence-electron chi connectivity index (χ4n) is 0.708. The molecule has 0 fully saturated rings. The summed E-state index contributed by atoms with van der Waals surface area (Å²) in [5, 5.41) is 8.32. The van der Waals surface area contributed by atoms with Gasteiger partial charge in [0.05, 0.1) is 5.69 Å². The molecular weight excluding hydrogens is 192 g/mol.